The molecule has 0 saturated carbocycles. The average molecular weight is 392 g/mol. The van der Waals surface area contributed by atoms with E-state index in [1.807, 2.05) is 0 Å². The number of aliphatic carboxylic acids is 1. The molecule has 0 radical (unpaired) electrons. The number of hydrogen-bond donors (Lipinski definition) is 4. The van der Waals surface area contributed by atoms with Gasteiger partial charge in [0.05, 0.1) is 6.10 Å². The summed E-state index contributed by atoms with van der Waals surface area (Å²) in [6, 6.07) is 5.40. The van der Waals surface area contributed by atoms with Crippen molar-refractivity contribution in [2.45, 2.75) is 31.9 Å². The molecule has 2 rings (SSSR count). The van der Waals surface area contributed by atoms with E-state index in [0.717, 1.165) is 0 Å². The zero-order valence-corrected chi connectivity index (χ0v) is 15.5. The molecule has 1 aliphatic heterocycles. The summed E-state index contributed by atoms with van der Waals surface area (Å²) in [6.07, 6.45) is 0.919. The van der Waals surface area contributed by atoms with Crippen molar-refractivity contribution in [3.63, 3.8) is 0 Å². The molecule has 1 atom stereocenters. The lowest BCUT2D eigenvalue weighted by Gasteiger charge is -2.33. The first-order valence-corrected chi connectivity index (χ1v) is 8.82. The number of likely N-dealkylation sites (tertiary alicyclic amines) is 1. The largest absolute Gasteiger partial charge is 0.480 e. The van der Waals surface area contributed by atoms with Gasteiger partial charge in [0.2, 0.25) is 5.91 Å². The second-order valence-electron chi connectivity index (χ2n) is 6.49. The van der Waals surface area contributed by atoms with Gasteiger partial charge in [-0.05, 0) is 31.9 Å². The van der Waals surface area contributed by atoms with Crippen LogP contribution in [0.2, 0.25) is 0 Å². The van der Waals surface area contributed by atoms with Crippen molar-refractivity contribution in [3.8, 4) is 0 Å². The predicted octanol–water partition coefficient (Wildman–Crippen LogP) is -0.00840. The predicted molar refractivity (Wildman–Crippen MR) is 99.1 cm³/mol. The second kappa shape index (κ2) is 9.70. The van der Waals surface area contributed by atoms with Gasteiger partial charge in [-0.3, -0.25) is 9.59 Å². The molecule has 1 aromatic rings. The highest BCUT2D eigenvalue weighted by Crippen LogP contribution is 2.15. The third-order valence-corrected chi connectivity index (χ3v) is 4.46. The number of nitrogens with two attached hydrogens (primary N) is 1. The van der Waals surface area contributed by atoms with Crippen LogP contribution >= 0.6 is 0 Å². The Bertz CT molecular complexity index is 741. The van der Waals surface area contributed by atoms with Crippen molar-refractivity contribution in [2.24, 2.45) is 10.9 Å². The summed E-state index contributed by atoms with van der Waals surface area (Å²) in [5.41, 5.74) is 6.29. The zero-order valence-electron chi connectivity index (χ0n) is 15.5. The molecule has 1 saturated heterocycles. The molecule has 2 amide bonds. The van der Waals surface area contributed by atoms with Crippen LogP contribution < -0.4 is 11.1 Å². The number of carbonyl (C=O) groups excluding carboxylic acids is 2. The quantitative estimate of drug-likeness (QED) is 0.220. The van der Waals surface area contributed by atoms with Crippen LogP contribution in [0.1, 0.15) is 35.7 Å². The van der Waals surface area contributed by atoms with E-state index in [1.165, 1.54) is 12.1 Å². The fourth-order valence-corrected chi connectivity index (χ4v) is 2.90. The van der Waals surface area contributed by atoms with Crippen molar-refractivity contribution in [1.29, 1.82) is 0 Å². The first-order valence-electron chi connectivity index (χ1n) is 8.82. The van der Waals surface area contributed by atoms with Crippen LogP contribution in [-0.4, -0.2) is 70.7 Å². The smallest absolute Gasteiger partial charge is 0.329 e. The van der Waals surface area contributed by atoms with Gasteiger partial charge < -0.3 is 31.0 Å². The van der Waals surface area contributed by atoms with Crippen molar-refractivity contribution in [3.05, 3.63) is 35.4 Å². The highest BCUT2D eigenvalue weighted by Gasteiger charge is 2.27. The lowest BCUT2D eigenvalue weighted by molar-refractivity contribution is -0.147. The molecule has 28 heavy (non-hydrogen) atoms. The topological polar surface area (TPSA) is 155 Å². The van der Waals surface area contributed by atoms with E-state index in [0.29, 0.717) is 37.1 Å². The number of rotatable bonds is 7. The van der Waals surface area contributed by atoms with E-state index < -0.39 is 17.9 Å². The van der Waals surface area contributed by atoms with Gasteiger partial charge in [0.25, 0.3) is 5.91 Å². The second-order valence-corrected chi connectivity index (χ2v) is 6.49. The number of nitrogens with one attached hydrogen (secondary N) is 1. The van der Waals surface area contributed by atoms with Gasteiger partial charge in [-0.2, -0.15) is 0 Å². The minimum Gasteiger partial charge on any atom is -0.480 e. The van der Waals surface area contributed by atoms with Gasteiger partial charge in [0.1, 0.15) is 12.6 Å². The first kappa shape index (κ1) is 21.2. The lowest BCUT2D eigenvalue weighted by atomic mass is 10.1. The Hall–Kier alpha value is -3.14. The number of oxime groups is 1. The Morgan fingerprint density at radius 3 is 2.36 bits per heavy atom. The number of carboxylic acids is 1. The number of piperidine rings is 1. The summed E-state index contributed by atoms with van der Waals surface area (Å²) < 4.78 is 5.25. The van der Waals surface area contributed by atoms with Gasteiger partial charge in [0.15, 0.2) is 5.84 Å². The van der Waals surface area contributed by atoms with E-state index in [1.54, 1.807) is 24.0 Å². The Kier molecular flexibility index (Phi) is 7.33. The van der Waals surface area contributed by atoms with Crippen LogP contribution in [-0.2, 0) is 14.3 Å². The van der Waals surface area contributed by atoms with Crippen molar-refractivity contribution in [2.75, 3.05) is 19.7 Å². The van der Waals surface area contributed by atoms with E-state index >= 15 is 0 Å². The van der Waals surface area contributed by atoms with Crippen LogP contribution in [0.15, 0.2) is 29.4 Å². The van der Waals surface area contributed by atoms with Gasteiger partial charge in [-0.25, -0.2) is 4.79 Å². The Balaban J connectivity index is 1.85. The maximum absolute atomic E-state index is 12.5. The Labute approximate surface area is 161 Å². The summed E-state index contributed by atoms with van der Waals surface area (Å²) in [4.78, 5) is 37.0. The maximum Gasteiger partial charge on any atom is 0.329 e. The third-order valence-electron chi connectivity index (χ3n) is 4.46. The van der Waals surface area contributed by atoms with Crippen molar-refractivity contribution in [1.82, 2.24) is 10.2 Å². The monoisotopic (exact) mass is 392 g/mol. The Morgan fingerprint density at radius 1 is 1.25 bits per heavy atom. The fraction of sp³-hybridized carbons (Fsp3) is 0.444. The molecule has 1 fully saturated rings. The normalized spacial score (nSPS) is 16.5. The SMILES string of the molecule is CC(NC(=O)c1ccc(/C(N)=N/O)cc1)C(=O)N1CCC(OCC(=O)O)CC1. The molecule has 10 nitrogen and oxygen atoms in total. The number of amidine groups is 1. The molecule has 0 spiro atoms. The van der Waals surface area contributed by atoms with Crippen LogP contribution in [0.3, 0.4) is 0 Å². The molecule has 1 unspecified atom stereocenters. The molecule has 152 valence electrons. The molecular formula is C18H24N4O6. The van der Waals surface area contributed by atoms with Gasteiger partial charge >= 0.3 is 5.97 Å². The summed E-state index contributed by atoms with van der Waals surface area (Å²) in [6.45, 7) is 2.15. The molecule has 1 heterocycles. The summed E-state index contributed by atoms with van der Waals surface area (Å²) in [5, 5.41) is 22.8. The number of hydrogen-bond acceptors (Lipinski definition) is 6. The van der Waals surface area contributed by atoms with Gasteiger partial charge in [-0.1, -0.05) is 17.3 Å². The average Bonchev–Trinajstić information content (AvgIpc) is 2.71. The number of benzene rings is 1. The van der Waals surface area contributed by atoms with Crippen LogP contribution in [0.25, 0.3) is 0 Å². The minimum absolute atomic E-state index is 0.0637. The molecule has 10 heteroatoms. The van der Waals surface area contributed by atoms with Crippen molar-refractivity contribution < 1.29 is 29.4 Å². The van der Waals surface area contributed by atoms with Crippen molar-refractivity contribution >= 4 is 23.6 Å². The van der Waals surface area contributed by atoms with Crippen LogP contribution in [0, 0.1) is 0 Å². The number of carbonyl (C=O) groups is 3. The number of ether oxygens (including phenoxy) is 1. The van der Waals surface area contributed by atoms with E-state index in [4.69, 9.17) is 20.8 Å². The molecule has 5 N–H and O–H groups in total. The highest BCUT2D eigenvalue weighted by molar-refractivity contribution is 6.00. The fourth-order valence-electron chi connectivity index (χ4n) is 2.90. The zero-order chi connectivity index (χ0) is 20.7. The molecule has 0 aromatic heterocycles. The summed E-state index contributed by atoms with van der Waals surface area (Å²) >= 11 is 0. The van der Waals surface area contributed by atoms with E-state index in [9.17, 15) is 14.4 Å². The third kappa shape index (κ3) is 5.68. The molecule has 0 aliphatic carbocycles. The number of carboxylic acid groups (broad SMARTS) is 1. The number of amides is 2. The summed E-state index contributed by atoms with van der Waals surface area (Å²) in [7, 11) is 0. The first-order chi connectivity index (χ1) is 13.3. The molecular weight excluding hydrogens is 368 g/mol. The standard InChI is InChI=1S/C18H24N4O6/c1-11(18(26)22-8-6-14(7-9-22)28-10-15(23)24)20-17(25)13-4-2-12(3-5-13)16(19)21-27/h2-5,11,14,27H,6-10H2,1H3,(H2,19,21)(H,20,25)(H,23,24). The molecule has 1 aliphatic rings. The highest BCUT2D eigenvalue weighted by atomic mass is 16.5. The Morgan fingerprint density at radius 2 is 1.82 bits per heavy atom. The van der Waals surface area contributed by atoms with Crippen LogP contribution in [0.4, 0.5) is 0 Å². The van der Waals surface area contributed by atoms with E-state index in [2.05, 4.69) is 10.5 Å². The van der Waals surface area contributed by atoms with E-state index in [-0.39, 0.29) is 24.5 Å². The van der Waals surface area contributed by atoms with Gasteiger partial charge in [-0.15, -0.1) is 0 Å². The van der Waals surface area contributed by atoms with Gasteiger partial charge in [0, 0.05) is 24.2 Å². The lowest BCUT2D eigenvalue weighted by Crippen LogP contribution is -2.50. The molecule has 0 bridgehead atoms. The van der Waals surface area contributed by atoms with Crippen LogP contribution in [0.5, 0.6) is 0 Å². The maximum atomic E-state index is 12.5. The molecule has 1 aromatic carbocycles. The number of nitrogens with zero attached hydrogens (tertiary/aromatic N) is 2. The summed E-state index contributed by atoms with van der Waals surface area (Å²) in [5.74, 6) is -1.70. The minimum atomic E-state index is -1.02.